The van der Waals surface area contributed by atoms with Crippen LogP contribution in [0.3, 0.4) is 0 Å². The summed E-state index contributed by atoms with van der Waals surface area (Å²) in [6.45, 7) is 2.03. The van der Waals surface area contributed by atoms with Crippen LogP contribution in [0.4, 0.5) is 10.1 Å². The smallest absolute Gasteiger partial charge is 0.244 e. The third-order valence-electron chi connectivity index (χ3n) is 7.10. The molecular formula is C28H36FN3O6S. The van der Waals surface area contributed by atoms with Crippen molar-refractivity contribution in [3.8, 4) is 11.5 Å². The zero-order valence-corrected chi connectivity index (χ0v) is 23.2. The average molecular weight is 562 g/mol. The van der Waals surface area contributed by atoms with Gasteiger partial charge >= 0.3 is 0 Å². The average Bonchev–Trinajstić information content (AvgIpc) is 2.92. The molecule has 1 fully saturated rings. The normalized spacial score (nSPS) is 16.3. The fourth-order valence-corrected chi connectivity index (χ4v) is 5.89. The van der Waals surface area contributed by atoms with E-state index in [1.807, 2.05) is 6.92 Å². The number of halogens is 1. The second-order valence-electron chi connectivity index (χ2n) is 10.0. The summed E-state index contributed by atoms with van der Waals surface area (Å²) in [7, 11) is -3.89. The van der Waals surface area contributed by atoms with Crippen molar-refractivity contribution in [3.05, 3.63) is 53.8 Å². The first-order valence-electron chi connectivity index (χ1n) is 13.4. The zero-order valence-electron chi connectivity index (χ0n) is 22.4. The fourth-order valence-electron chi connectivity index (χ4n) is 5.05. The lowest BCUT2D eigenvalue weighted by atomic mass is 9.95. The number of hydrogen-bond acceptors (Lipinski definition) is 6. The molecule has 1 atom stereocenters. The molecule has 2 amide bonds. The number of ether oxygens (including phenoxy) is 2. The van der Waals surface area contributed by atoms with E-state index in [1.54, 1.807) is 24.3 Å². The third-order valence-corrected chi connectivity index (χ3v) is 8.24. The van der Waals surface area contributed by atoms with Crippen LogP contribution >= 0.6 is 0 Å². The molecule has 1 aliphatic carbocycles. The van der Waals surface area contributed by atoms with Gasteiger partial charge in [-0.3, -0.25) is 13.9 Å². The summed E-state index contributed by atoms with van der Waals surface area (Å²) in [4.78, 5) is 28.6. The highest BCUT2D eigenvalue weighted by Crippen LogP contribution is 2.34. The van der Waals surface area contributed by atoms with Crippen molar-refractivity contribution in [1.82, 2.24) is 10.2 Å². The van der Waals surface area contributed by atoms with Gasteiger partial charge in [-0.05, 0) is 49.1 Å². The molecule has 1 N–H and O–H groups in total. The number of amides is 2. The van der Waals surface area contributed by atoms with Crippen molar-refractivity contribution in [3.63, 3.8) is 0 Å². The summed E-state index contributed by atoms with van der Waals surface area (Å²) in [5.41, 5.74) is 0.871. The van der Waals surface area contributed by atoms with Gasteiger partial charge in [0, 0.05) is 18.7 Å². The van der Waals surface area contributed by atoms with Crippen LogP contribution in [0.15, 0.2) is 42.5 Å². The van der Waals surface area contributed by atoms with Crippen LogP contribution in [0.2, 0.25) is 0 Å². The summed E-state index contributed by atoms with van der Waals surface area (Å²) >= 11 is 0. The fraction of sp³-hybridized carbons (Fsp3) is 0.500. The van der Waals surface area contributed by atoms with Gasteiger partial charge in [0.15, 0.2) is 11.5 Å². The summed E-state index contributed by atoms with van der Waals surface area (Å²) < 4.78 is 51.4. The van der Waals surface area contributed by atoms with Gasteiger partial charge < -0.3 is 19.7 Å². The Bertz CT molecular complexity index is 1260. The molecule has 9 nitrogen and oxygen atoms in total. The number of benzene rings is 2. The number of nitrogens with zero attached hydrogens (tertiary/aromatic N) is 2. The predicted octanol–water partition coefficient (Wildman–Crippen LogP) is 3.62. The van der Waals surface area contributed by atoms with E-state index < -0.39 is 34.3 Å². The first-order chi connectivity index (χ1) is 18.7. The number of hydrogen-bond donors (Lipinski definition) is 1. The Kier molecular flexibility index (Phi) is 9.32. The van der Waals surface area contributed by atoms with Crippen molar-refractivity contribution < 1.29 is 31.9 Å². The van der Waals surface area contributed by atoms with E-state index in [1.165, 1.54) is 23.1 Å². The Morgan fingerprint density at radius 2 is 1.69 bits per heavy atom. The first-order valence-corrected chi connectivity index (χ1v) is 15.2. The van der Waals surface area contributed by atoms with E-state index in [9.17, 15) is 22.4 Å². The number of sulfonamides is 1. The van der Waals surface area contributed by atoms with Gasteiger partial charge in [-0.15, -0.1) is 0 Å². The van der Waals surface area contributed by atoms with Gasteiger partial charge in [0.25, 0.3) is 0 Å². The maximum absolute atomic E-state index is 13.8. The minimum atomic E-state index is -3.89. The van der Waals surface area contributed by atoms with Gasteiger partial charge in [-0.2, -0.15) is 0 Å². The molecule has 0 saturated heterocycles. The molecule has 0 bridgehead atoms. The van der Waals surface area contributed by atoms with Gasteiger partial charge in [0.2, 0.25) is 21.8 Å². The number of carbonyl (C=O) groups is 2. The molecular weight excluding hydrogens is 525 g/mol. The molecule has 1 aliphatic heterocycles. The topological polar surface area (TPSA) is 105 Å². The van der Waals surface area contributed by atoms with Gasteiger partial charge in [-0.25, -0.2) is 12.8 Å². The lowest BCUT2D eigenvalue weighted by molar-refractivity contribution is -0.140. The molecule has 0 spiro atoms. The van der Waals surface area contributed by atoms with Crippen molar-refractivity contribution in [2.45, 2.75) is 64.1 Å². The van der Waals surface area contributed by atoms with E-state index in [-0.39, 0.29) is 24.2 Å². The van der Waals surface area contributed by atoms with Crippen LogP contribution in [-0.2, 0) is 26.2 Å². The van der Waals surface area contributed by atoms with E-state index in [0.29, 0.717) is 36.7 Å². The highest BCUT2D eigenvalue weighted by atomic mass is 32.2. The molecule has 1 saturated carbocycles. The molecule has 2 aromatic rings. The van der Waals surface area contributed by atoms with Crippen LogP contribution in [0.5, 0.6) is 11.5 Å². The maximum atomic E-state index is 13.8. The van der Waals surface area contributed by atoms with Crippen molar-refractivity contribution in [2.24, 2.45) is 0 Å². The van der Waals surface area contributed by atoms with Crippen LogP contribution in [-0.4, -0.2) is 63.2 Å². The number of anilines is 1. The van der Waals surface area contributed by atoms with Gasteiger partial charge in [0.1, 0.15) is 31.6 Å². The maximum Gasteiger partial charge on any atom is 0.244 e. The number of carbonyl (C=O) groups excluding carboxylic acids is 2. The Hall–Kier alpha value is -3.34. The Morgan fingerprint density at radius 1 is 1.03 bits per heavy atom. The zero-order chi connectivity index (χ0) is 28.0. The molecule has 11 heteroatoms. The summed E-state index contributed by atoms with van der Waals surface area (Å²) in [6.07, 6.45) is 6.35. The third kappa shape index (κ3) is 7.40. The van der Waals surface area contributed by atoms with E-state index >= 15 is 0 Å². The quantitative estimate of drug-likeness (QED) is 0.475. The van der Waals surface area contributed by atoms with Crippen LogP contribution in [0, 0.1) is 5.82 Å². The van der Waals surface area contributed by atoms with Crippen LogP contribution in [0.25, 0.3) is 0 Å². The first kappa shape index (κ1) is 28.7. The van der Waals surface area contributed by atoms with E-state index in [2.05, 4.69) is 5.32 Å². The number of nitrogens with one attached hydrogen (secondary N) is 1. The van der Waals surface area contributed by atoms with Crippen molar-refractivity contribution >= 4 is 27.5 Å². The van der Waals surface area contributed by atoms with Crippen LogP contribution in [0.1, 0.15) is 51.0 Å². The summed E-state index contributed by atoms with van der Waals surface area (Å²) in [5.74, 6) is -0.356. The van der Waals surface area contributed by atoms with Crippen molar-refractivity contribution in [1.29, 1.82) is 0 Å². The predicted molar refractivity (Wildman–Crippen MR) is 146 cm³/mol. The van der Waals surface area contributed by atoms with Gasteiger partial charge in [-0.1, -0.05) is 38.3 Å². The molecule has 0 unspecified atom stereocenters. The molecule has 39 heavy (non-hydrogen) atoms. The molecule has 0 aromatic heterocycles. The molecule has 2 aromatic carbocycles. The molecule has 1 heterocycles. The minimum absolute atomic E-state index is 0.0223. The van der Waals surface area contributed by atoms with Gasteiger partial charge in [0.05, 0.1) is 11.9 Å². The molecule has 2 aliphatic rings. The van der Waals surface area contributed by atoms with E-state index in [4.69, 9.17) is 9.47 Å². The monoisotopic (exact) mass is 561 g/mol. The Labute approximate surface area is 229 Å². The highest BCUT2D eigenvalue weighted by molar-refractivity contribution is 7.92. The molecule has 4 rings (SSSR count). The second kappa shape index (κ2) is 12.7. The van der Waals surface area contributed by atoms with Crippen LogP contribution < -0.4 is 19.1 Å². The summed E-state index contributed by atoms with van der Waals surface area (Å²) in [5, 5.41) is 3.09. The standard InChI is InChI=1S/C28H36FN3O6S/c1-3-24(28(34)30-22-7-5-4-6-8-22)31(18-20-9-11-21(29)12-10-20)27(33)19-32(39(2,35)36)23-13-14-25-26(17-23)38-16-15-37-25/h9-14,17,22,24H,3-8,15-16,18-19H2,1-2H3,(H,30,34)/t24-/m0/s1. The highest BCUT2D eigenvalue weighted by Gasteiger charge is 2.33. The largest absolute Gasteiger partial charge is 0.486 e. The lowest BCUT2D eigenvalue weighted by Gasteiger charge is -2.34. The molecule has 212 valence electrons. The van der Waals surface area contributed by atoms with Crippen molar-refractivity contribution in [2.75, 3.05) is 30.3 Å². The Morgan fingerprint density at radius 3 is 2.33 bits per heavy atom. The molecule has 0 radical (unpaired) electrons. The number of fused-ring (bicyclic) bond motifs is 1. The van der Waals surface area contributed by atoms with E-state index in [0.717, 1.165) is 42.7 Å². The minimum Gasteiger partial charge on any atom is -0.486 e. The lowest BCUT2D eigenvalue weighted by Crippen LogP contribution is -2.53. The Balaban J connectivity index is 1.62. The summed E-state index contributed by atoms with van der Waals surface area (Å²) in [6, 6.07) is 9.60. The second-order valence-corrected chi connectivity index (χ2v) is 11.9. The SMILES string of the molecule is CC[C@@H](C(=O)NC1CCCCC1)N(Cc1ccc(F)cc1)C(=O)CN(c1ccc2c(c1)OCCO2)S(C)(=O)=O. The number of rotatable bonds is 10.